The first-order valence-electron chi connectivity index (χ1n) is 14.0. The predicted molar refractivity (Wildman–Crippen MR) is 143 cm³/mol. The molecule has 0 N–H and O–H groups in total. The molecule has 2 saturated heterocycles. The smallest absolute Gasteiger partial charge is 0.223 e. The Morgan fingerprint density at radius 3 is 2.03 bits per heavy atom. The molecular formula is C31H42N2O3. The van der Waals surface area contributed by atoms with Gasteiger partial charge in [-0.2, -0.15) is 0 Å². The summed E-state index contributed by atoms with van der Waals surface area (Å²) in [5, 5.41) is 0. The quantitative estimate of drug-likeness (QED) is 0.507. The van der Waals surface area contributed by atoms with E-state index in [1.165, 1.54) is 49.7 Å². The molecule has 1 amide bonds. The molecule has 0 radical (unpaired) electrons. The van der Waals surface area contributed by atoms with Crippen molar-refractivity contribution < 1.29 is 14.3 Å². The Labute approximate surface area is 216 Å². The maximum atomic E-state index is 13.5. The molecule has 2 unspecified atom stereocenters. The van der Waals surface area contributed by atoms with Crippen molar-refractivity contribution in [1.82, 2.24) is 9.80 Å². The standard InChI is InChI=1S/C31H42N2O3/c34-29(23-31(15-9-1-2-10-16-31)22-27-13-7-4-8-14-27)32-17-19-33(20-18-32)30-25-35-28(24-36-30)21-26-11-5-3-6-12-26/h3-8,11-14,28,30H,1-2,9-10,15-25H2. The van der Waals surface area contributed by atoms with Crippen molar-refractivity contribution in [2.24, 2.45) is 5.41 Å². The molecule has 5 nitrogen and oxygen atoms in total. The number of nitrogens with zero attached hydrogens (tertiary/aromatic N) is 2. The Morgan fingerprint density at radius 2 is 1.42 bits per heavy atom. The monoisotopic (exact) mass is 490 g/mol. The third-order valence-electron chi connectivity index (χ3n) is 8.44. The Hall–Kier alpha value is -2.21. The summed E-state index contributed by atoms with van der Waals surface area (Å²) in [6, 6.07) is 21.3. The highest BCUT2D eigenvalue weighted by atomic mass is 16.6. The number of benzene rings is 2. The third kappa shape index (κ3) is 6.76. The zero-order chi connectivity index (χ0) is 24.6. The number of rotatable bonds is 7. The van der Waals surface area contributed by atoms with Gasteiger partial charge in [0.15, 0.2) is 0 Å². The SMILES string of the molecule is O=C(CC1(Cc2ccccc2)CCCCCC1)N1CCN(C2COC(Cc3ccccc3)CO2)CC1. The second-order valence-electron chi connectivity index (χ2n) is 11.1. The second kappa shape index (κ2) is 12.4. The average molecular weight is 491 g/mol. The molecule has 3 fully saturated rings. The first kappa shape index (κ1) is 25.4. The van der Waals surface area contributed by atoms with Crippen molar-refractivity contribution in [3.63, 3.8) is 0 Å². The first-order chi connectivity index (χ1) is 17.7. The first-order valence-corrected chi connectivity index (χ1v) is 14.0. The molecule has 1 saturated carbocycles. The van der Waals surface area contributed by atoms with Gasteiger partial charge in [-0.05, 0) is 35.8 Å². The Bertz CT molecular complexity index is 927. The van der Waals surface area contributed by atoms with Crippen molar-refractivity contribution in [1.29, 1.82) is 0 Å². The fraction of sp³-hybridized carbons (Fsp3) is 0.581. The molecular weight excluding hydrogens is 448 g/mol. The van der Waals surface area contributed by atoms with Crippen LogP contribution in [0.5, 0.6) is 0 Å². The normalized spacial score (nSPS) is 25.3. The number of carbonyl (C=O) groups excluding carboxylic acids is 1. The van der Waals surface area contributed by atoms with Crippen LogP contribution in [0.15, 0.2) is 60.7 Å². The van der Waals surface area contributed by atoms with Crippen molar-refractivity contribution in [3.8, 4) is 0 Å². The Morgan fingerprint density at radius 1 is 0.778 bits per heavy atom. The van der Waals surface area contributed by atoms with E-state index in [9.17, 15) is 4.79 Å². The summed E-state index contributed by atoms with van der Waals surface area (Å²) in [7, 11) is 0. The van der Waals surface area contributed by atoms with Crippen LogP contribution in [0, 0.1) is 5.41 Å². The highest BCUT2D eigenvalue weighted by Gasteiger charge is 2.36. The molecule has 5 heteroatoms. The number of hydrogen-bond acceptors (Lipinski definition) is 4. The highest BCUT2D eigenvalue weighted by molar-refractivity contribution is 5.77. The molecule has 1 aliphatic carbocycles. The molecule has 0 bridgehead atoms. The van der Waals surface area contributed by atoms with E-state index in [-0.39, 0.29) is 17.7 Å². The lowest BCUT2D eigenvalue weighted by Gasteiger charge is -2.42. The van der Waals surface area contributed by atoms with Gasteiger partial charge in [0.2, 0.25) is 5.91 Å². The Balaban J connectivity index is 1.11. The van der Waals surface area contributed by atoms with Gasteiger partial charge < -0.3 is 14.4 Å². The van der Waals surface area contributed by atoms with Gasteiger partial charge in [-0.1, -0.05) is 86.3 Å². The van der Waals surface area contributed by atoms with Gasteiger partial charge >= 0.3 is 0 Å². The number of hydrogen-bond donors (Lipinski definition) is 0. The summed E-state index contributed by atoms with van der Waals surface area (Å²) >= 11 is 0. The number of amides is 1. The lowest BCUT2D eigenvalue weighted by Crippen LogP contribution is -2.56. The maximum Gasteiger partial charge on any atom is 0.223 e. The van der Waals surface area contributed by atoms with Gasteiger partial charge in [0.25, 0.3) is 0 Å². The fourth-order valence-corrected chi connectivity index (χ4v) is 6.35. The molecule has 0 spiro atoms. The van der Waals surface area contributed by atoms with Crippen molar-refractivity contribution in [2.45, 2.75) is 70.1 Å². The van der Waals surface area contributed by atoms with Gasteiger partial charge in [0, 0.05) is 39.0 Å². The van der Waals surface area contributed by atoms with Crippen LogP contribution in [-0.4, -0.2) is 67.4 Å². The minimum atomic E-state index is 0.000514. The van der Waals surface area contributed by atoms with E-state index in [1.807, 2.05) is 6.07 Å². The summed E-state index contributed by atoms with van der Waals surface area (Å²) in [6.45, 7) is 4.51. The number of piperazine rings is 1. The van der Waals surface area contributed by atoms with Crippen LogP contribution < -0.4 is 0 Å². The molecule has 0 aromatic heterocycles. The molecule has 2 aliphatic heterocycles. The minimum Gasteiger partial charge on any atom is -0.371 e. The van der Waals surface area contributed by atoms with E-state index < -0.39 is 0 Å². The number of carbonyl (C=O) groups is 1. The van der Waals surface area contributed by atoms with Gasteiger partial charge in [0.1, 0.15) is 6.23 Å². The van der Waals surface area contributed by atoms with Gasteiger partial charge in [-0.25, -0.2) is 0 Å². The highest BCUT2D eigenvalue weighted by Crippen LogP contribution is 2.41. The Kier molecular flexibility index (Phi) is 8.73. The summed E-state index contributed by atoms with van der Waals surface area (Å²) in [5.74, 6) is 0.344. The molecule has 2 aromatic rings. The van der Waals surface area contributed by atoms with Crippen LogP contribution >= 0.6 is 0 Å². The van der Waals surface area contributed by atoms with Crippen LogP contribution in [0.3, 0.4) is 0 Å². The molecule has 2 aromatic carbocycles. The van der Waals surface area contributed by atoms with Gasteiger partial charge in [-0.15, -0.1) is 0 Å². The van der Waals surface area contributed by atoms with Crippen molar-refractivity contribution in [2.75, 3.05) is 39.4 Å². The largest absolute Gasteiger partial charge is 0.371 e. The summed E-state index contributed by atoms with van der Waals surface area (Å²) in [4.78, 5) is 18.0. The predicted octanol–water partition coefficient (Wildman–Crippen LogP) is 5.09. The zero-order valence-electron chi connectivity index (χ0n) is 21.7. The topological polar surface area (TPSA) is 42.0 Å². The summed E-state index contributed by atoms with van der Waals surface area (Å²) < 4.78 is 12.4. The van der Waals surface area contributed by atoms with E-state index in [0.29, 0.717) is 25.5 Å². The molecule has 36 heavy (non-hydrogen) atoms. The molecule has 194 valence electrons. The van der Waals surface area contributed by atoms with Gasteiger partial charge in [-0.3, -0.25) is 9.69 Å². The minimum absolute atomic E-state index is 0.000514. The second-order valence-corrected chi connectivity index (χ2v) is 11.1. The number of ether oxygens (including phenoxy) is 2. The summed E-state index contributed by atoms with van der Waals surface area (Å²) in [5.41, 5.74) is 2.77. The van der Waals surface area contributed by atoms with E-state index >= 15 is 0 Å². The molecule has 2 atom stereocenters. The zero-order valence-corrected chi connectivity index (χ0v) is 21.7. The summed E-state index contributed by atoms with van der Waals surface area (Å²) in [6.07, 6.45) is 10.2. The van der Waals surface area contributed by atoms with Crippen LogP contribution in [0.1, 0.15) is 56.1 Å². The van der Waals surface area contributed by atoms with Crippen LogP contribution in [0.2, 0.25) is 0 Å². The molecule has 5 rings (SSSR count). The average Bonchev–Trinajstić information content (AvgIpc) is 3.16. The van der Waals surface area contributed by atoms with E-state index in [1.54, 1.807) is 0 Å². The van der Waals surface area contributed by atoms with Crippen LogP contribution in [-0.2, 0) is 27.1 Å². The fourth-order valence-electron chi connectivity index (χ4n) is 6.35. The molecule has 2 heterocycles. The molecule has 3 aliphatic rings. The van der Waals surface area contributed by atoms with Crippen LogP contribution in [0.25, 0.3) is 0 Å². The lowest BCUT2D eigenvalue weighted by atomic mass is 9.72. The maximum absolute atomic E-state index is 13.5. The van der Waals surface area contributed by atoms with E-state index in [4.69, 9.17) is 9.47 Å². The van der Waals surface area contributed by atoms with Crippen molar-refractivity contribution >= 4 is 5.91 Å². The van der Waals surface area contributed by atoms with E-state index in [2.05, 4.69) is 64.4 Å². The van der Waals surface area contributed by atoms with E-state index in [0.717, 1.165) is 39.0 Å². The lowest BCUT2D eigenvalue weighted by molar-refractivity contribution is -0.190. The third-order valence-corrected chi connectivity index (χ3v) is 8.44. The van der Waals surface area contributed by atoms with Gasteiger partial charge in [0.05, 0.1) is 19.3 Å². The van der Waals surface area contributed by atoms with Crippen LogP contribution in [0.4, 0.5) is 0 Å². The van der Waals surface area contributed by atoms with Crippen molar-refractivity contribution in [3.05, 3.63) is 71.8 Å².